The molecule has 1 nitrogen and oxygen atoms in total. The lowest BCUT2D eigenvalue weighted by Crippen LogP contribution is -2.33. The molecule has 0 aromatic heterocycles. The maximum atomic E-state index is 13.7. The highest BCUT2D eigenvalue weighted by atomic mass is 19.2. The summed E-state index contributed by atoms with van der Waals surface area (Å²) >= 11 is 0. The first-order valence-corrected chi connectivity index (χ1v) is 11.2. The fourth-order valence-electron chi connectivity index (χ4n) is 4.46. The van der Waals surface area contributed by atoms with Gasteiger partial charge in [0.25, 0.3) is 0 Å². The molecule has 1 saturated carbocycles. The van der Waals surface area contributed by atoms with Crippen LogP contribution in [0.4, 0.5) is 8.78 Å². The van der Waals surface area contributed by atoms with Crippen LogP contribution in [0.2, 0.25) is 0 Å². The third kappa shape index (κ3) is 6.37. The van der Waals surface area contributed by atoms with E-state index in [2.05, 4.69) is 73.3 Å². The summed E-state index contributed by atoms with van der Waals surface area (Å²) in [6.45, 7) is 6.67. The van der Waals surface area contributed by atoms with Crippen molar-refractivity contribution in [1.29, 1.82) is 0 Å². The van der Waals surface area contributed by atoms with Gasteiger partial charge in [-0.3, -0.25) is 4.90 Å². The van der Waals surface area contributed by atoms with Crippen molar-refractivity contribution in [2.45, 2.75) is 83.2 Å². The molecule has 3 heteroatoms. The van der Waals surface area contributed by atoms with Crippen molar-refractivity contribution in [3.05, 3.63) is 71.3 Å². The molecule has 4 unspecified atom stereocenters. The summed E-state index contributed by atoms with van der Waals surface area (Å²) in [5.74, 6) is 0.163. The molecule has 1 aliphatic rings. The molecule has 29 heavy (non-hydrogen) atoms. The standard InChI is InChI=1S/C26H35F2N/c1-3-17-29(19-22-7-5-4-6-8-22)20(2)9-10-21-11-13-23(14-12-21)24-15-16-25(27)26(28)18-24/h4-8,11-14,20,24-26H,3,9-10,15-19H2,1-2H3. The molecule has 3 rings (SSSR count). The number of nitrogens with zero attached hydrogens (tertiary/aromatic N) is 1. The van der Waals surface area contributed by atoms with Gasteiger partial charge < -0.3 is 0 Å². The lowest BCUT2D eigenvalue weighted by Gasteiger charge is -2.29. The van der Waals surface area contributed by atoms with Crippen LogP contribution in [0.3, 0.4) is 0 Å². The number of rotatable bonds is 9. The van der Waals surface area contributed by atoms with Crippen LogP contribution < -0.4 is 0 Å². The monoisotopic (exact) mass is 399 g/mol. The fraction of sp³-hybridized carbons (Fsp3) is 0.538. The smallest absolute Gasteiger partial charge is 0.132 e. The summed E-state index contributed by atoms with van der Waals surface area (Å²) in [5, 5.41) is 0. The molecule has 0 N–H and O–H groups in total. The molecule has 2 aromatic carbocycles. The van der Waals surface area contributed by atoms with E-state index in [4.69, 9.17) is 0 Å². The van der Waals surface area contributed by atoms with Crippen molar-refractivity contribution >= 4 is 0 Å². The number of benzene rings is 2. The van der Waals surface area contributed by atoms with Gasteiger partial charge in [0.1, 0.15) is 12.3 Å². The molecule has 0 aliphatic heterocycles. The first kappa shape index (κ1) is 22.0. The third-order valence-corrected chi connectivity index (χ3v) is 6.36. The number of aryl methyl sites for hydroxylation is 1. The van der Waals surface area contributed by atoms with Crippen LogP contribution in [-0.2, 0) is 13.0 Å². The fourth-order valence-corrected chi connectivity index (χ4v) is 4.46. The van der Waals surface area contributed by atoms with E-state index in [0.29, 0.717) is 18.9 Å². The minimum Gasteiger partial charge on any atom is -0.296 e. The summed E-state index contributed by atoms with van der Waals surface area (Å²) in [4.78, 5) is 2.57. The average molecular weight is 400 g/mol. The minimum absolute atomic E-state index is 0.163. The first-order chi connectivity index (χ1) is 14.1. The Morgan fingerprint density at radius 3 is 2.31 bits per heavy atom. The highest BCUT2D eigenvalue weighted by molar-refractivity contribution is 5.26. The van der Waals surface area contributed by atoms with Crippen molar-refractivity contribution in [2.24, 2.45) is 0 Å². The molecule has 1 aliphatic carbocycles. The minimum atomic E-state index is -1.30. The van der Waals surface area contributed by atoms with E-state index in [-0.39, 0.29) is 5.92 Å². The number of hydrogen-bond acceptors (Lipinski definition) is 1. The predicted octanol–water partition coefficient (Wildman–Crippen LogP) is 6.86. The Kier molecular flexibility index (Phi) is 8.23. The summed E-state index contributed by atoms with van der Waals surface area (Å²) in [6, 6.07) is 19.8. The predicted molar refractivity (Wildman–Crippen MR) is 118 cm³/mol. The van der Waals surface area contributed by atoms with E-state index >= 15 is 0 Å². The maximum Gasteiger partial charge on any atom is 0.132 e. The lowest BCUT2D eigenvalue weighted by molar-refractivity contribution is 0.108. The van der Waals surface area contributed by atoms with Gasteiger partial charge in [-0.1, -0.05) is 61.5 Å². The zero-order chi connectivity index (χ0) is 20.6. The Labute approximate surface area is 175 Å². The van der Waals surface area contributed by atoms with Gasteiger partial charge in [0.15, 0.2) is 0 Å². The second-order valence-electron chi connectivity index (χ2n) is 8.63. The van der Waals surface area contributed by atoms with Crippen LogP contribution in [-0.4, -0.2) is 29.8 Å². The molecule has 0 amide bonds. The van der Waals surface area contributed by atoms with E-state index in [1.54, 1.807) is 0 Å². The maximum absolute atomic E-state index is 13.7. The summed E-state index contributed by atoms with van der Waals surface area (Å²) in [6.07, 6.45) is 2.16. The van der Waals surface area contributed by atoms with Gasteiger partial charge in [0.2, 0.25) is 0 Å². The van der Waals surface area contributed by atoms with Crippen LogP contribution in [0.15, 0.2) is 54.6 Å². The van der Waals surface area contributed by atoms with Crippen molar-refractivity contribution in [3.8, 4) is 0 Å². The molecule has 0 radical (unpaired) electrons. The van der Waals surface area contributed by atoms with Crippen LogP contribution in [0.5, 0.6) is 0 Å². The lowest BCUT2D eigenvalue weighted by atomic mass is 9.82. The van der Waals surface area contributed by atoms with Gasteiger partial charge in [0, 0.05) is 12.6 Å². The topological polar surface area (TPSA) is 3.24 Å². The van der Waals surface area contributed by atoms with Crippen LogP contribution in [0.1, 0.15) is 68.6 Å². The van der Waals surface area contributed by atoms with Crippen molar-refractivity contribution in [2.75, 3.05) is 6.54 Å². The van der Waals surface area contributed by atoms with Gasteiger partial charge >= 0.3 is 0 Å². The molecule has 1 fully saturated rings. The molecule has 0 spiro atoms. The zero-order valence-corrected chi connectivity index (χ0v) is 17.9. The first-order valence-electron chi connectivity index (χ1n) is 11.2. The Morgan fingerprint density at radius 1 is 0.931 bits per heavy atom. The number of alkyl halides is 2. The largest absolute Gasteiger partial charge is 0.296 e. The van der Waals surface area contributed by atoms with Crippen molar-refractivity contribution in [3.63, 3.8) is 0 Å². The molecule has 4 atom stereocenters. The Balaban J connectivity index is 1.52. The van der Waals surface area contributed by atoms with Crippen molar-refractivity contribution in [1.82, 2.24) is 4.90 Å². The van der Waals surface area contributed by atoms with Gasteiger partial charge in [-0.15, -0.1) is 0 Å². The molecule has 2 aromatic rings. The Morgan fingerprint density at radius 2 is 1.66 bits per heavy atom. The zero-order valence-electron chi connectivity index (χ0n) is 17.9. The average Bonchev–Trinajstić information content (AvgIpc) is 2.75. The van der Waals surface area contributed by atoms with E-state index < -0.39 is 12.3 Å². The number of hydrogen-bond donors (Lipinski definition) is 0. The molecule has 0 bridgehead atoms. The second kappa shape index (κ2) is 10.9. The molecule has 0 heterocycles. The second-order valence-corrected chi connectivity index (χ2v) is 8.63. The quantitative estimate of drug-likeness (QED) is 0.445. The van der Waals surface area contributed by atoms with Crippen LogP contribution >= 0.6 is 0 Å². The highest BCUT2D eigenvalue weighted by Gasteiger charge is 2.31. The highest BCUT2D eigenvalue weighted by Crippen LogP contribution is 2.35. The van der Waals surface area contributed by atoms with Gasteiger partial charge in [0.05, 0.1) is 0 Å². The molecular formula is C26H35F2N. The summed E-state index contributed by atoms with van der Waals surface area (Å²) < 4.78 is 27.1. The molecule has 158 valence electrons. The van der Waals surface area contributed by atoms with Gasteiger partial charge in [-0.2, -0.15) is 0 Å². The Hall–Kier alpha value is -1.74. The third-order valence-electron chi connectivity index (χ3n) is 6.36. The van der Waals surface area contributed by atoms with Gasteiger partial charge in [-0.05, 0) is 74.6 Å². The SMILES string of the molecule is CCCN(Cc1ccccc1)C(C)CCc1ccc(C2CCC(F)C(F)C2)cc1. The van der Waals surface area contributed by atoms with E-state index in [1.807, 2.05) is 0 Å². The Bertz CT molecular complexity index is 715. The van der Waals surface area contributed by atoms with Crippen LogP contribution in [0, 0.1) is 0 Å². The normalized spacial score (nSPS) is 23.3. The van der Waals surface area contributed by atoms with Gasteiger partial charge in [-0.25, -0.2) is 8.78 Å². The van der Waals surface area contributed by atoms with E-state index in [0.717, 1.165) is 44.3 Å². The molecule has 0 saturated heterocycles. The number of halogens is 2. The van der Waals surface area contributed by atoms with Crippen molar-refractivity contribution < 1.29 is 8.78 Å². The molecular weight excluding hydrogens is 364 g/mol. The summed E-state index contributed by atoms with van der Waals surface area (Å²) in [7, 11) is 0. The van der Waals surface area contributed by atoms with E-state index in [9.17, 15) is 8.78 Å². The van der Waals surface area contributed by atoms with Crippen LogP contribution in [0.25, 0.3) is 0 Å². The summed E-state index contributed by atoms with van der Waals surface area (Å²) in [5.41, 5.74) is 3.85. The van der Waals surface area contributed by atoms with E-state index in [1.165, 1.54) is 11.1 Å².